The Morgan fingerprint density at radius 1 is 0.707 bits per heavy atom. The summed E-state index contributed by atoms with van der Waals surface area (Å²) in [4.78, 5) is 48.0. The molecule has 0 aromatic heterocycles. The molecule has 1 fully saturated rings. The van der Waals surface area contributed by atoms with E-state index in [4.69, 9.17) is 18.9 Å². The molecule has 1 saturated carbocycles. The lowest BCUT2D eigenvalue weighted by Gasteiger charge is -2.25. The van der Waals surface area contributed by atoms with Crippen molar-refractivity contribution in [1.82, 2.24) is 0 Å². The average Bonchev–Trinajstić information content (AvgIpc) is 2.98. The zero-order chi connectivity index (χ0) is 29.6. The first-order valence-corrected chi connectivity index (χ1v) is 14.3. The Kier molecular flexibility index (Phi) is 12.6. The zero-order valence-electron chi connectivity index (χ0n) is 24.0. The number of esters is 4. The molecular formula is C33H40O8. The van der Waals surface area contributed by atoms with E-state index in [-0.39, 0.29) is 35.7 Å². The van der Waals surface area contributed by atoms with Crippen LogP contribution < -0.4 is 9.47 Å². The fourth-order valence-electron chi connectivity index (χ4n) is 4.54. The van der Waals surface area contributed by atoms with Gasteiger partial charge in [0.1, 0.15) is 11.5 Å². The molecule has 1 aliphatic carbocycles. The van der Waals surface area contributed by atoms with Crippen molar-refractivity contribution < 1.29 is 38.1 Å². The van der Waals surface area contributed by atoms with Crippen LogP contribution in [0.15, 0.2) is 60.7 Å². The molecule has 0 heterocycles. The molecule has 8 heteroatoms. The molecule has 1 aliphatic rings. The Balaban J connectivity index is 1.34. The quantitative estimate of drug-likeness (QED) is 0.120. The Bertz CT molecular complexity index is 1170. The number of aryl methyl sites for hydroxylation is 2. The van der Waals surface area contributed by atoms with Crippen molar-refractivity contribution in [1.29, 1.82) is 0 Å². The molecule has 0 amide bonds. The number of rotatable bonds is 14. The first kappa shape index (κ1) is 31.6. The molecule has 0 atom stereocenters. The van der Waals surface area contributed by atoms with Crippen LogP contribution in [0.1, 0.15) is 69.9 Å². The monoisotopic (exact) mass is 564 g/mol. The highest BCUT2D eigenvalue weighted by Crippen LogP contribution is 2.31. The van der Waals surface area contributed by atoms with Gasteiger partial charge in [-0.1, -0.05) is 37.8 Å². The molecule has 0 unspecified atom stereocenters. The minimum atomic E-state index is -0.384. The van der Waals surface area contributed by atoms with E-state index in [1.807, 2.05) is 24.3 Å². The second-order valence-electron chi connectivity index (χ2n) is 10.4. The predicted molar refractivity (Wildman–Crippen MR) is 153 cm³/mol. The van der Waals surface area contributed by atoms with E-state index in [1.54, 1.807) is 38.1 Å². The Hall–Kier alpha value is -3.94. The van der Waals surface area contributed by atoms with Gasteiger partial charge in [-0.2, -0.15) is 0 Å². The van der Waals surface area contributed by atoms with Crippen LogP contribution in [0, 0.1) is 11.8 Å². The van der Waals surface area contributed by atoms with Crippen LogP contribution in [-0.2, 0) is 41.5 Å². The maximum Gasteiger partial charge on any atom is 0.333 e. The summed E-state index contributed by atoms with van der Waals surface area (Å²) in [6.45, 7) is 7.65. The largest absolute Gasteiger partial charge is 0.466 e. The van der Waals surface area contributed by atoms with Gasteiger partial charge in [-0.25, -0.2) is 4.79 Å². The van der Waals surface area contributed by atoms with E-state index >= 15 is 0 Å². The van der Waals surface area contributed by atoms with Gasteiger partial charge in [-0.05, 0) is 93.7 Å². The van der Waals surface area contributed by atoms with Gasteiger partial charge < -0.3 is 18.9 Å². The molecule has 0 N–H and O–H groups in total. The van der Waals surface area contributed by atoms with Gasteiger partial charge in [-0.15, -0.1) is 0 Å². The molecule has 2 aromatic rings. The fraction of sp³-hybridized carbons (Fsp3) is 0.455. The van der Waals surface area contributed by atoms with E-state index < -0.39 is 0 Å². The van der Waals surface area contributed by atoms with Crippen LogP contribution in [0.5, 0.6) is 11.5 Å². The molecule has 3 rings (SSSR count). The van der Waals surface area contributed by atoms with Crippen LogP contribution >= 0.6 is 0 Å². The summed E-state index contributed by atoms with van der Waals surface area (Å²) < 4.78 is 21.4. The first-order chi connectivity index (χ1) is 19.7. The maximum absolute atomic E-state index is 12.7. The molecular weight excluding hydrogens is 524 g/mol. The van der Waals surface area contributed by atoms with Crippen LogP contribution in [0.4, 0.5) is 0 Å². The van der Waals surface area contributed by atoms with E-state index in [2.05, 4.69) is 6.58 Å². The molecule has 2 aromatic carbocycles. The third kappa shape index (κ3) is 10.9. The summed E-state index contributed by atoms with van der Waals surface area (Å²) in [6.07, 6.45) is 5.59. The lowest BCUT2D eigenvalue weighted by Crippen LogP contribution is -2.30. The SMILES string of the molecule is C=C(C)C(=O)OCCCc1ccc(OC(=O)C2CCC(C(=O)Oc3ccc(CCCOC(=O)CC)cc3)CC2)cc1. The number of carbonyl (C=O) groups is 4. The number of ether oxygens (including phenoxy) is 4. The van der Waals surface area contributed by atoms with Gasteiger partial charge in [0.05, 0.1) is 25.0 Å². The van der Waals surface area contributed by atoms with Crippen molar-refractivity contribution in [3.63, 3.8) is 0 Å². The van der Waals surface area contributed by atoms with Crippen molar-refractivity contribution in [2.24, 2.45) is 11.8 Å². The summed E-state index contributed by atoms with van der Waals surface area (Å²) in [6, 6.07) is 14.7. The van der Waals surface area contributed by atoms with Crippen LogP contribution in [0.2, 0.25) is 0 Å². The predicted octanol–water partition coefficient (Wildman–Crippen LogP) is 5.94. The molecule has 220 valence electrons. The first-order valence-electron chi connectivity index (χ1n) is 14.3. The van der Waals surface area contributed by atoms with Crippen LogP contribution in [0.3, 0.4) is 0 Å². The number of benzene rings is 2. The lowest BCUT2D eigenvalue weighted by atomic mass is 9.82. The molecule has 41 heavy (non-hydrogen) atoms. The van der Waals surface area contributed by atoms with Crippen molar-refractivity contribution in [3.8, 4) is 11.5 Å². The minimum absolute atomic E-state index is 0.196. The van der Waals surface area contributed by atoms with Gasteiger partial charge in [0.2, 0.25) is 0 Å². The highest BCUT2D eigenvalue weighted by atomic mass is 16.5. The van der Waals surface area contributed by atoms with Gasteiger partial charge in [0, 0.05) is 12.0 Å². The molecule has 8 nitrogen and oxygen atoms in total. The lowest BCUT2D eigenvalue weighted by molar-refractivity contribution is -0.145. The molecule has 0 bridgehead atoms. The standard InChI is InChI=1S/C33H40O8/c1-4-30(34)38-21-5-7-24-9-17-28(18-10-24)40-32(36)26-13-15-27(16-14-26)33(37)41-29-19-11-25(12-20-29)8-6-22-39-31(35)23(2)3/h9-12,17-20,26-27H,2,4-8,13-16,21-22H2,1,3H3. The fourth-order valence-corrected chi connectivity index (χ4v) is 4.54. The third-order valence-electron chi connectivity index (χ3n) is 7.03. The second kappa shape index (κ2) is 16.4. The second-order valence-corrected chi connectivity index (χ2v) is 10.4. The molecule has 0 aliphatic heterocycles. The Labute approximate surface area is 242 Å². The summed E-state index contributed by atoms with van der Waals surface area (Å²) in [7, 11) is 0. The van der Waals surface area contributed by atoms with Gasteiger partial charge >= 0.3 is 23.9 Å². The van der Waals surface area contributed by atoms with E-state index in [1.165, 1.54) is 0 Å². The third-order valence-corrected chi connectivity index (χ3v) is 7.03. The highest BCUT2D eigenvalue weighted by molar-refractivity contribution is 5.86. The maximum atomic E-state index is 12.7. The number of carbonyl (C=O) groups excluding carboxylic acids is 4. The van der Waals surface area contributed by atoms with Gasteiger partial charge in [0.15, 0.2) is 0 Å². The van der Waals surface area contributed by atoms with E-state index in [0.717, 1.165) is 30.4 Å². The van der Waals surface area contributed by atoms with Crippen LogP contribution in [-0.4, -0.2) is 37.1 Å². The van der Waals surface area contributed by atoms with Crippen molar-refractivity contribution in [2.75, 3.05) is 13.2 Å². The normalized spacial score (nSPS) is 16.3. The smallest absolute Gasteiger partial charge is 0.333 e. The summed E-state index contributed by atoms with van der Waals surface area (Å²) >= 11 is 0. The van der Waals surface area contributed by atoms with E-state index in [0.29, 0.717) is 68.8 Å². The Morgan fingerprint density at radius 2 is 1.12 bits per heavy atom. The van der Waals surface area contributed by atoms with Crippen molar-refractivity contribution in [2.45, 2.75) is 71.6 Å². The summed E-state index contributed by atoms with van der Waals surface area (Å²) in [5, 5.41) is 0. The van der Waals surface area contributed by atoms with E-state index in [9.17, 15) is 19.2 Å². The van der Waals surface area contributed by atoms with Gasteiger partial charge in [-0.3, -0.25) is 14.4 Å². The average molecular weight is 565 g/mol. The molecule has 0 radical (unpaired) electrons. The summed E-state index contributed by atoms with van der Waals surface area (Å²) in [5.41, 5.74) is 2.51. The molecule has 0 spiro atoms. The van der Waals surface area contributed by atoms with Crippen molar-refractivity contribution in [3.05, 3.63) is 71.8 Å². The summed E-state index contributed by atoms with van der Waals surface area (Å²) in [5.74, 6) is -0.660. The topological polar surface area (TPSA) is 105 Å². The highest BCUT2D eigenvalue weighted by Gasteiger charge is 2.32. The Morgan fingerprint density at radius 3 is 1.51 bits per heavy atom. The number of hydrogen-bond donors (Lipinski definition) is 0. The zero-order valence-corrected chi connectivity index (χ0v) is 24.0. The van der Waals surface area contributed by atoms with Crippen LogP contribution in [0.25, 0.3) is 0 Å². The molecule has 0 saturated heterocycles. The minimum Gasteiger partial charge on any atom is -0.466 e. The van der Waals surface area contributed by atoms with Crippen molar-refractivity contribution >= 4 is 23.9 Å². The number of hydrogen-bond acceptors (Lipinski definition) is 8. The van der Waals surface area contributed by atoms with Gasteiger partial charge in [0.25, 0.3) is 0 Å².